The van der Waals surface area contributed by atoms with Crippen LogP contribution in [0.1, 0.15) is 43.0 Å². The lowest BCUT2D eigenvalue weighted by molar-refractivity contribution is -0.122. The molecule has 0 aromatic heterocycles. The average Bonchev–Trinajstić information content (AvgIpc) is 2.63. The molecule has 1 N–H and O–H groups in total. The molecule has 0 bridgehead atoms. The van der Waals surface area contributed by atoms with Gasteiger partial charge in [0, 0.05) is 0 Å². The molecule has 0 fully saturated rings. The van der Waals surface area contributed by atoms with Gasteiger partial charge in [0.2, 0.25) is 15.9 Å². The molecule has 5 nitrogen and oxygen atoms in total. The monoisotopic (exact) mass is 440 g/mol. The lowest BCUT2D eigenvalue weighted by atomic mass is 10.0. The van der Waals surface area contributed by atoms with Gasteiger partial charge < -0.3 is 5.32 Å². The number of sulfonamides is 1. The largest absolute Gasteiger partial charge is 0.348 e. The highest BCUT2D eigenvalue weighted by Gasteiger charge is 2.32. The van der Waals surface area contributed by atoms with E-state index < -0.39 is 27.8 Å². The van der Waals surface area contributed by atoms with E-state index >= 15 is 0 Å². The summed E-state index contributed by atoms with van der Waals surface area (Å²) < 4.78 is 39.5. The van der Waals surface area contributed by atoms with Crippen LogP contribution in [0.2, 0.25) is 5.02 Å². The van der Waals surface area contributed by atoms with Crippen LogP contribution in [0.5, 0.6) is 0 Å². The third-order valence-corrected chi connectivity index (χ3v) is 6.35. The fourth-order valence-corrected chi connectivity index (χ4v) is 4.49. The van der Waals surface area contributed by atoms with Gasteiger partial charge in [-0.3, -0.25) is 9.10 Å². The van der Waals surface area contributed by atoms with Crippen LogP contribution in [0.25, 0.3) is 0 Å². The molecule has 2 aromatic carbocycles. The molecule has 2 atom stereocenters. The second kappa shape index (κ2) is 9.13. The molecule has 0 heterocycles. The van der Waals surface area contributed by atoms with Gasteiger partial charge in [-0.15, -0.1) is 0 Å². The number of nitrogens with one attached hydrogen (secondary N) is 1. The Labute approximate surface area is 176 Å². The third kappa shape index (κ3) is 5.48. The molecule has 0 unspecified atom stereocenters. The van der Waals surface area contributed by atoms with Gasteiger partial charge in [0.15, 0.2) is 0 Å². The first-order valence-electron chi connectivity index (χ1n) is 9.27. The Morgan fingerprint density at radius 3 is 2.34 bits per heavy atom. The molecule has 0 aliphatic rings. The van der Waals surface area contributed by atoms with Gasteiger partial charge in [0.1, 0.15) is 11.9 Å². The molecule has 0 saturated heterocycles. The standard InChI is InChI=1S/C21H26ClFN2O3S/c1-6-20(21(26)24-15(4)16-8-7-13(2)14(3)11-16)25(29(5,27)28)17-9-10-19(23)18(22)12-17/h7-12,15,20H,6H2,1-5H3,(H,24,26)/t15-,20-/m1/s1. The van der Waals surface area contributed by atoms with E-state index in [0.29, 0.717) is 0 Å². The van der Waals surface area contributed by atoms with Crippen molar-refractivity contribution in [3.63, 3.8) is 0 Å². The zero-order valence-electron chi connectivity index (χ0n) is 17.2. The molecule has 2 rings (SSSR count). The molecule has 8 heteroatoms. The molecular weight excluding hydrogens is 415 g/mol. The van der Waals surface area contributed by atoms with Crippen LogP contribution in [0.3, 0.4) is 0 Å². The fourth-order valence-electron chi connectivity index (χ4n) is 3.11. The number of carbonyl (C=O) groups is 1. The zero-order valence-corrected chi connectivity index (χ0v) is 18.7. The Morgan fingerprint density at radius 1 is 1.17 bits per heavy atom. The summed E-state index contributed by atoms with van der Waals surface area (Å²) in [5, 5.41) is 2.68. The van der Waals surface area contributed by atoms with E-state index in [0.717, 1.165) is 33.3 Å². The van der Waals surface area contributed by atoms with Gasteiger partial charge in [0.25, 0.3) is 0 Å². The average molecular weight is 441 g/mol. The molecule has 0 aliphatic carbocycles. The first-order valence-corrected chi connectivity index (χ1v) is 11.5. The van der Waals surface area contributed by atoms with Crippen molar-refractivity contribution in [3.05, 3.63) is 63.9 Å². The second-order valence-electron chi connectivity index (χ2n) is 7.16. The number of aryl methyl sites for hydroxylation is 2. The molecule has 29 heavy (non-hydrogen) atoms. The van der Waals surface area contributed by atoms with E-state index in [9.17, 15) is 17.6 Å². The molecule has 0 aliphatic heterocycles. The number of amides is 1. The maximum atomic E-state index is 13.5. The number of anilines is 1. The SMILES string of the molecule is CC[C@H](C(=O)N[C@H](C)c1ccc(C)c(C)c1)N(c1ccc(F)c(Cl)c1)S(C)(=O)=O. The Morgan fingerprint density at radius 2 is 1.83 bits per heavy atom. The predicted molar refractivity (Wildman–Crippen MR) is 115 cm³/mol. The number of halogens is 2. The Kier molecular flexibility index (Phi) is 7.30. The summed E-state index contributed by atoms with van der Waals surface area (Å²) >= 11 is 5.83. The predicted octanol–water partition coefficient (Wildman–Crippen LogP) is 4.52. The van der Waals surface area contributed by atoms with Crippen LogP contribution in [0.4, 0.5) is 10.1 Å². The Bertz CT molecular complexity index is 1010. The van der Waals surface area contributed by atoms with Crippen molar-refractivity contribution >= 4 is 33.2 Å². The van der Waals surface area contributed by atoms with E-state index in [1.54, 1.807) is 6.92 Å². The van der Waals surface area contributed by atoms with E-state index in [4.69, 9.17) is 11.6 Å². The van der Waals surface area contributed by atoms with Gasteiger partial charge in [-0.1, -0.05) is 36.7 Å². The first-order chi connectivity index (χ1) is 13.5. The Balaban J connectivity index is 2.34. The van der Waals surface area contributed by atoms with Gasteiger partial charge in [0.05, 0.1) is 23.0 Å². The van der Waals surface area contributed by atoms with Gasteiger partial charge >= 0.3 is 0 Å². The van der Waals surface area contributed by atoms with Crippen LogP contribution in [-0.2, 0) is 14.8 Å². The molecule has 0 spiro atoms. The van der Waals surface area contributed by atoms with Crippen LogP contribution in [0.15, 0.2) is 36.4 Å². The first kappa shape index (κ1) is 23.2. The summed E-state index contributed by atoms with van der Waals surface area (Å²) in [4.78, 5) is 13.0. The quantitative estimate of drug-likeness (QED) is 0.688. The number of carbonyl (C=O) groups excluding carboxylic acids is 1. The van der Waals surface area contributed by atoms with Gasteiger partial charge in [-0.2, -0.15) is 0 Å². The highest BCUT2D eigenvalue weighted by Crippen LogP contribution is 2.28. The van der Waals surface area contributed by atoms with Crippen molar-refractivity contribution in [2.75, 3.05) is 10.6 Å². The minimum absolute atomic E-state index is 0.139. The molecular formula is C21H26ClFN2O3S. The lowest BCUT2D eigenvalue weighted by Gasteiger charge is -2.31. The van der Waals surface area contributed by atoms with Gasteiger partial charge in [-0.05, 0) is 62.1 Å². The van der Waals surface area contributed by atoms with Crippen molar-refractivity contribution in [3.8, 4) is 0 Å². The summed E-state index contributed by atoms with van der Waals surface area (Å²) in [5.74, 6) is -1.10. The molecule has 158 valence electrons. The summed E-state index contributed by atoms with van der Waals surface area (Å²) in [6, 6.07) is 8.18. The molecule has 0 saturated carbocycles. The van der Waals surface area contributed by atoms with E-state index in [1.165, 1.54) is 12.1 Å². The maximum absolute atomic E-state index is 13.5. The molecule has 2 aromatic rings. The summed E-state index contributed by atoms with van der Waals surface area (Å²) in [7, 11) is -3.83. The summed E-state index contributed by atoms with van der Waals surface area (Å²) in [6.07, 6.45) is 1.24. The smallest absolute Gasteiger partial charge is 0.244 e. The van der Waals surface area contributed by atoms with E-state index in [-0.39, 0.29) is 23.2 Å². The van der Waals surface area contributed by atoms with E-state index in [1.807, 2.05) is 39.0 Å². The van der Waals surface area contributed by atoms with Crippen molar-refractivity contribution in [1.82, 2.24) is 5.32 Å². The normalized spacial score (nSPS) is 13.6. The van der Waals surface area contributed by atoms with Crippen LogP contribution < -0.4 is 9.62 Å². The topological polar surface area (TPSA) is 66.5 Å². The van der Waals surface area contributed by atoms with Crippen molar-refractivity contribution in [2.45, 2.75) is 46.2 Å². The maximum Gasteiger partial charge on any atom is 0.244 e. The number of benzene rings is 2. The minimum atomic E-state index is -3.83. The second-order valence-corrected chi connectivity index (χ2v) is 9.42. The summed E-state index contributed by atoms with van der Waals surface area (Å²) in [6.45, 7) is 7.56. The van der Waals surface area contributed by atoms with Crippen molar-refractivity contribution in [1.29, 1.82) is 0 Å². The number of nitrogens with zero attached hydrogens (tertiary/aromatic N) is 1. The van der Waals surface area contributed by atoms with Crippen LogP contribution >= 0.6 is 11.6 Å². The third-order valence-electron chi connectivity index (χ3n) is 4.88. The van der Waals surface area contributed by atoms with Gasteiger partial charge in [-0.25, -0.2) is 12.8 Å². The minimum Gasteiger partial charge on any atom is -0.348 e. The van der Waals surface area contributed by atoms with Crippen molar-refractivity contribution < 1.29 is 17.6 Å². The number of hydrogen-bond acceptors (Lipinski definition) is 3. The van der Waals surface area contributed by atoms with Crippen LogP contribution in [-0.4, -0.2) is 26.6 Å². The van der Waals surface area contributed by atoms with Crippen molar-refractivity contribution in [2.24, 2.45) is 0 Å². The fraction of sp³-hybridized carbons (Fsp3) is 0.381. The Hall–Kier alpha value is -2.12. The highest BCUT2D eigenvalue weighted by molar-refractivity contribution is 7.92. The summed E-state index contributed by atoms with van der Waals surface area (Å²) in [5.41, 5.74) is 3.32. The molecule has 0 radical (unpaired) electrons. The van der Waals surface area contributed by atoms with Crippen LogP contribution in [0, 0.1) is 19.7 Å². The number of rotatable bonds is 7. The zero-order chi connectivity index (χ0) is 21.9. The highest BCUT2D eigenvalue weighted by atomic mass is 35.5. The van der Waals surface area contributed by atoms with E-state index in [2.05, 4.69) is 5.32 Å². The number of hydrogen-bond donors (Lipinski definition) is 1. The molecule has 1 amide bonds. The lowest BCUT2D eigenvalue weighted by Crippen LogP contribution is -2.49.